The second-order valence-electron chi connectivity index (χ2n) is 8.24. The van der Waals surface area contributed by atoms with Crippen molar-refractivity contribution in [3.63, 3.8) is 0 Å². The predicted molar refractivity (Wildman–Crippen MR) is 129 cm³/mol. The van der Waals surface area contributed by atoms with Crippen molar-refractivity contribution in [2.75, 3.05) is 24.1 Å². The Balaban J connectivity index is 1.48. The van der Waals surface area contributed by atoms with Crippen molar-refractivity contribution < 1.29 is 9.59 Å². The molecule has 4 rings (SSSR count). The Labute approximate surface area is 193 Å². The molecule has 170 valence electrons. The van der Waals surface area contributed by atoms with E-state index in [1.54, 1.807) is 0 Å². The molecular weight excluding hydrogens is 416 g/mol. The standard InChI is InChI=1S/C25H28N6O2/c1-16-6-2-3-7-17(16)13-22(32)29-19-9-4-8-18(12-19)21-15-28-24(26)23(31-21)25(33)30-20-10-5-11-27-14-20/h2-4,6-9,12,15,20,27H,5,10-11,13-14H2,1H3,(H2,26,28)(H,29,32)(H,30,33). The highest BCUT2D eigenvalue weighted by Gasteiger charge is 2.20. The minimum Gasteiger partial charge on any atom is -0.382 e. The van der Waals surface area contributed by atoms with Gasteiger partial charge in [-0.1, -0.05) is 36.4 Å². The van der Waals surface area contributed by atoms with Gasteiger partial charge < -0.3 is 21.7 Å². The van der Waals surface area contributed by atoms with Gasteiger partial charge in [0, 0.05) is 23.8 Å². The van der Waals surface area contributed by atoms with Crippen LogP contribution in [0.15, 0.2) is 54.7 Å². The van der Waals surface area contributed by atoms with Crippen molar-refractivity contribution in [2.45, 2.75) is 32.2 Å². The molecule has 0 saturated carbocycles. The zero-order valence-corrected chi connectivity index (χ0v) is 18.6. The summed E-state index contributed by atoms with van der Waals surface area (Å²) in [7, 11) is 0. The van der Waals surface area contributed by atoms with Gasteiger partial charge in [0.25, 0.3) is 5.91 Å². The molecule has 1 unspecified atom stereocenters. The van der Waals surface area contributed by atoms with Gasteiger partial charge in [0.1, 0.15) is 0 Å². The second-order valence-corrected chi connectivity index (χ2v) is 8.24. The fourth-order valence-corrected chi connectivity index (χ4v) is 3.88. The van der Waals surface area contributed by atoms with E-state index in [0.717, 1.165) is 42.6 Å². The fourth-order valence-electron chi connectivity index (χ4n) is 3.88. The van der Waals surface area contributed by atoms with Crippen LogP contribution in [-0.4, -0.2) is 40.9 Å². The number of carbonyl (C=O) groups is 2. The number of benzene rings is 2. The van der Waals surface area contributed by atoms with E-state index in [4.69, 9.17) is 5.73 Å². The van der Waals surface area contributed by atoms with Gasteiger partial charge in [0.2, 0.25) is 5.91 Å². The lowest BCUT2D eigenvalue weighted by Gasteiger charge is -2.23. The van der Waals surface area contributed by atoms with E-state index in [1.165, 1.54) is 6.20 Å². The van der Waals surface area contributed by atoms with E-state index in [1.807, 2.05) is 55.5 Å². The first kappa shape index (κ1) is 22.4. The molecule has 2 aromatic carbocycles. The number of nitrogens with zero attached hydrogens (tertiary/aromatic N) is 2. The number of nitrogens with one attached hydrogen (secondary N) is 3. The molecule has 1 atom stereocenters. The third kappa shape index (κ3) is 5.72. The zero-order valence-electron chi connectivity index (χ0n) is 18.6. The molecule has 8 nitrogen and oxygen atoms in total. The number of carbonyl (C=O) groups excluding carboxylic acids is 2. The molecule has 2 amide bonds. The summed E-state index contributed by atoms with van der Waals surface area (Å²) < 4.78 is 0. The van der Waals surface area contributed by atoms with Crippen molar-refractivity contribution in [1.82, 2.24) is 20.6 Å². The minimum atomic E-state index is -0.335. The minimum absolute atomic E-state index is 0.0443. The molecule has 0 aliphatic carbocycles. The molecule has 1 fully saturated rings. The lowest BCUT2D eigenvalue weighted by molar-refractivity contribution is -0.115. The number of nitrogens with two attached hydrogens (primary N) is 1. The molecule has 1 aliphatic rings. The topological polar surface area (TPSA) is 122 Å². The van der Waals surface area contributed by atoms with Crippen LogP contribution in [0.2, 0.25) is 0 Å². The van der Waals surface area contributed by atoms with Gasteiger partial charge in [-0.2, -0.15) is 0 Å². The quantitative estimate of drug-likeness (QED) is 0.464. The van der Waals surface area contributed by atoms with E-state index in [2.05, 4.69) is 25.9 Å². The number of hydrogen-bond acceptors (Lipinski definition) is 6. The van der Waals surface area contributed by atoms with Crippen molar-refractivity contribution in [3.05, 3.63) is 71.5 Å². The second kappa shape index (κ2) is 10.2. The summed E-state index contributed by atoms with van der Waals surface area (Å²) in [4.78, 5) is 33.9. The van der Waals surface area contributed by atoms with E-state index in [9.17, 15) is 9.59 Å². The summed E-state index contributed by atoms with van der Waals surface area (Å²) in [6.07, 6.45) is 3.74. The van der Waals surface area contributed by atoms with Gasteiger partial charge in [0.15, 0.2) is 11.5 Å². The van der Waals surface area contributed by atoms with Gasteiger partial charge in [-0.15, -0.1) is 0 Å². The molecule has 2 heterocycles. The lowest BCUT2D eigenvalue weighted by Crippen LogP contribution is -2.46. The molecule has 1 saturated heterocycles. The van der Waals surface area contributed by atoms with Gasteiger partial charge >= 0.3 is 0 Å². The highest BCUT2D eigenvalue weighted by molar-refractivity contribution is 5.97. The van der Waals surface area contributed by atoms with Gasteiger partial charge in [-0.25, -0.2) is 9.97 Å². The molecule has 0 bridgehead atoms. The third-order valence-electron chi connectivity index (χ3n) is 5.70. The first-order valence-electron chi connectivity index (χ1n) is 11.1. The average Bonchev–Trinajstić information content (AvgIpc) is 2.81. The zero-order chi connectivity index (χ0) is 23.2. The van der Waals surface area contributed by atoms with E-state index < -0.39 is 0 Å². The number of amides is 2. The SMILES string of the molecule is Cc1ccccc1CC(=O)Nc1cccc(-c2cnc(N)c(C(=O)NC3CCCNC3)n2)c1. The van der Waals surface area contributed by atoms with Crippen LogP contribution in [0.5, 0.6) is 0 Å². The van der Waals surface area contributed by atoms with Crippen molar-refractivity contribution in [2.24, 2.45) is 0 Å². The number of aromatic nitrogens is 2. The van der Waals surface area contributed by atoms with Crippen molar-refractivity contribution >= 4 is 23.3 Å². The summed E-state index contributed by atoms with van der Waals surface area (Å²) in [6.45, 7) is 3.67. The predicted octanol–water partition coefficient (Wildman–Crippen LogP) is 2.70. The Bertz CT molecular complexity index is 1160. The van der Waals surface area contributed by atoms with Crippen LogP contribution in [0.1, 0.15) is 34.5 Å². The smallest absolute Gasteiger partial charge is 0.274 e. The molecule has 0 spiro atoms. The van der Waals surface area contributed by atoms with Crippen LogP contribution in [0, 0.1) is 6.92 Å². The maximum atomic E-state index is 12.8. The largest absolute Gasteiger partial charge is 0.382 e. The van der Waals surface area contributed by atoms with Gasteiger partial charge in [-0.3, -0.25) is 9.59 Å². The normalized spacial score (nSPS) is 15.6. The molecular formula is C25H28N6O2. The molecule has 1 aliphatic heterocycles. The van der Waals surface area contributed by atoms with Crippen LogP contribution >= 0.6 is 0 Å². The number of piperidine rings is 1. The monoisotopic (exact) mass is 444 g/mol. The van der Waals surface area contributed by atoms with Crippen LogP contribution in [0.4, 0.5) is 11.5 Å². The average molecular weight is 445 g/mol. The van der Waals surface area contributed by atoms with Gasteiger partial charge in [0.05, 0.1) is 18.3 Å². The van der Waals surface area contributed by atoms with Crippen LogP contribution in [0.25, 0.3) is 11.3 Å². The first-order chi connectivity index (χ1) is 16.0. The van der Waals surface area contributed by atoms with E-state index in [-0.39, 0.29) is 29.4 Å². The Morgan fingerprint density at radius 1 is 1.18 bits per heavy atom. The lowest BCUT2D eigenvalue weighted by atomic mass is 10.1. The molecule has 3 aromatic rings. The van der Waals surface area contributed by atoms with Crippen molar-refractivity contribution in [3.8, 4) is 11.3 Å². The van der Waals surface area contributed by atoms with E-state index in [0.29, 0.717) is 17.8 Å². The Morgan fingerprint density at radius 2 is 2.03 bits per heavy atom. The van der Waals surface area contributed by atoms with Crippen LogP contribution < -0.4 is 21.7 Å². The molecule has 33 heavy (non-hydrogen) atoms. The highest BCUT2D eigenvalue weighted by Crippen LogP contribution is 2.22. The summed E-state index contributed by atoms with van der Waals surface area (Å²) in [5, 5.41) is 9.18. The first-order valence-corrected chi connectivity index (χ1v) is 11.1. The molecule has 5 N–H and O–H groups in total. The third-order valence-corrected chi connectivity index (χ3v) is 5.70. The summed E-state index contributed by atoms with van der Waals surface area (Å²) in [5.41, 5.74) is 9.99. The molecule has 1 aromatic heterocycles. The summed E-state index contributed by atoms with van der Waals surface area (Å²) in [5.74, 6) is -0.355. The number of nitrogen functional groups attached to an aromatic ring is 1. The van der Waals surface area contributed by atoms with Crippen LogP contribution in [-0.2, 0) is 11.2 Å². The fraction of sp³-hybridized carbons (Fsp3) is 0.280. The molecule has 8 heteroatoms. The number of hydrogen-bond donors (Lipinski definition) is 4. The maximum Gasteiger partial charge on any atom is 0.274 e. The maximum absolute atomic E-state index is 12.8. The van der Waals surface area contributed by atoms with E-state index >= 15 is 0 Å². The number of rotatable bonds is 6. The Morgan fingerprint density at radius 3 is 2.82 bits per heavy atom. The molecule has 0 radical (unpaired) electrons. The summed E-state index contributed by atoms with van der Waals surface area (Å²) >= 11 is 0. The highest BCUT2D eigenvalue weighted by atomic mass is 16.2. The van der Waals surface area contributed by atoms with Crippen LogP contribution in [0.3, 0.4) is 0 Å². The summed E-state index contributed by atoms with van der Waals surface area (Å²) in [6, 6.07) is 15.2. The number of anilines is 2. The van der Waals surface area contributed by atoms with Crippen molar-refractivity contribution in [1.29, 1.82) is 0 Å². The number of aryl methyl sites for hydroxylation is 1. The Kier molecular flexibility index (Phi) is 6.95. The Hall–Kier alpha value is -3.78. The van der Waals surface area contributed by atoms with Gasteiger partial charge in [-0.05, 0) is 49.6 Å².